The number of anilines is 1. The number of hydrogen-bond acceptors (Lipinski definition) is 3. The van der Waals surface area contributed by atoms with Crippen molar-refractivity contribution in [1.29, 1.82) is 0 Å². The fourth-order valence-corrected chi connectivity index (χ4v) is 3.12. The average molecular weight is 382 g/mol. The molecule has 1 aromatic rings. The smallest absolute Gasteiger partial charge is 0.329 e. The summed E-state index contributed by atoms with van der Waals surface area (Å²) in [5, 5.41) is 15.1. The minimum Gasteiger partial charge on any atom is -0.480 e. The largest absolute Gasteiger partial charge is 0.480 e. The summed E-state index contributed by atoms with van der Waals surface area (Å²) in [6.07, 6.45) is 0.996. The lowest BCUT2D eigenvalue weighted by atomic mass is 9.98. The Balaban J connectivity index is 2.26. The van der Waals surface area contributed by atoms with Gasteiger partial charge in [-0.15, -0.1) is 0 Å². The van der Waals surface area contributed by atoms with Crippen LogP contribution in [0.4, 0.5) is 10.5 Å². The minimum atomic E-state index is -1.26. The zero-order valence-electron chi connectivity index (χ0n) is 15.4. The Morgan fingerprint density at radius 1 is 1.27 bits per heavy atom. The summed E-state index contributed by atoms with van der Waals surface area (Å²) in [6.45, 7) is 7.43. The highest BCUT2D eigenvalue weighted by Gasteiger charge is 2.46. The average Bonchev–Trinajstić information content (AvgIpc) is 2.90. The Labute approximate surface area is 157 Å². The van der Waals surface area contributed by atoms with Crippen molar-refractivity contribution in [2.45, 2.75) is 51.6 Å². The van der Waals surface area contributed by atoms with Gasteiger partial charge in [0.1, 0.15) is 5.54 Å². The van der Waals surface area contributed by atoms with E-state index in [1.54, 1.807) is 6.07 Å². The minimum absolute atomic E-state index is 0.162. The van der Waals surface area contributed by atoms with Crippen molar-refractivity contribution in [3.8, 4) is 0 Å². The van der Waals surface area contributed by atoms with Gasteiger partial charge in [-0.1, -0.05) is 11.6 Å². The molecule has 26 heavy (non-hydrogen) atoms. The van der Waals surface area contributed by atoms with Gasteiger partial charge in [-0.3, -0.25) is 4.79 Å². The maximum Gasteiger partial charge on any atom is 0.329 e. The van der Waals surface area contributed by atoms with Crippen molar-refractivity contribution in [2.24, 2.45) is 0 Å². The zero-order valence-corrected chi connectivity index (χ0v) is 16.1. The summed E-state index contributed by atoms with van der Waals surface area (Å²) in [6, 6.07) is 4.15. The monoisotopic (exact) mass is 381 g/mol. The molecule has 1 saturated heterocycles. The van der Waals surface area contributed by atoms with Crippen LogP contribution in [0.1, 0.15) is 50.9 Å². The number of rotatable bonds is 3. The molecule has 0 aliphatic carbocycles. The number of hydrogen-bond donors (Lipinski definition) is 3. The van der Waals surface area contributed by atoms with Gasteiger partial charge in [0.2, 0.25) is 0 Å². The molecule has 1 aliphatic heterocycles. The van der Waals surface area contributed by atoms with Crippen molar-refractivity contribution >= 4 is 35.2 Å². The van der Waals surface area contributed by atoms with Crippen LogP contribution in [0.3, 0.4) is 0 Å². The third-order valence-electron chi connectivity index (χ3n) is 4.29. The molecule has 1 fully saturated rings. The molecule has 0 aromatic heterocycles. The molecule has 7 nitrogen and oxygen atoms in total. The highest BCUT2D eigenvalue weighted by Crippen LogP contribution is 2.33. The summed E-state index contributed by atoms with van der Waals surface area (Å²) in [7, 11) is 0. The van der Waals surface area contributed by atoms with Crippen LogP contribution < -0.4 is 10.6 Å². The first-order valence-corrected chi connectivity index (χ1v) is 8.76. The number of carboxylic acid groups (broad SMARTS) is 1. The number of benzene rings is 1. The van der Waals surface area contributed by atoms with E-state index < -0.39 is 29.0 Å². The van der Waals surface area contributed by atoms with Gasteiger partial charge in [-0.05, 0) is 58.7 Å². The standard InChI is InChI=1S/C18H24ClN3O4/c1-17(2,3)21-16(26)20-11-6-7-13(19)12(10-11)14(23)22-9-5-8-18(22,4)15(24)25/h6-7,10H,5,8-9H2,1-4H3,(H,24,25)(H2,20,21,26). The van der Waals surface area contributed by atoms with Crippen LogP contribution in [0.25, 0.3) is 0 Å². The van der Waals surface area contributed by atoms with E-state index in [9.17, 15) is 19.5 Å². The molecule has 1 unspecified atom stereocenters. The first-order valence-electron chi connectivity index (χ1n) is 8.38. The molecule has 2 rings (SSSR count). The number of aliphatic carboxylic acids is 1. The molecule has 1 heterocycles. The molecule has 8 heteroatoms. The summed E-state index contributed by atoms with van der Waals surface area (Å²) in [5.41, 5.74) is -1.10. The zero-order chi connectivity index (χ0) is 19.7. The SMILES string of the molecule is CC(C)(C)NC(=O)Nc1ccc(Cl)c(C(=O)N2CCCC2(C)C(=O)O)c1. The van der Waals surface area contributed by atoms with Crippen LogP contribution >= 0.6 is 11.6 Å². The number of likely N-dealkylation sites (tertiary alicyclic amines) is 1. The second-order valence-corrected chi connectivity index (χ2v) is 8.07. The summed E-state index contributed by atoms with van der Waals surface area (Å²) < 4.78 is 0. The van der Waals surface area contributed by atoms with Crippen LogP contribution in [0.5, 0.6) is 0 Å². The third-order valence-corrected chi connectivity index (χ3v) is 4.62. The summed E-state index contributed by atoms with van der Waals surface area (Å²) in [4.78, 5) is 37.9. The Morgan fingerprint density at radius 3 is 2.50 bits per heavy atom. The predicted octanol–water partition coefficient (Wildman–Crippen LogP) is 3.34. The van der Waals surface area contributed by atoms with Gasteiger partial charge in [0.25, 0.3) is 5.91 Å². The highest BCUT2D eigenvalue weighted by atomic mass is 35.5. The number of urea groups is 1. The van der Waals surface area contributed by atoms with E-state index in [1.807, 2.05) is 20.8 Å². The molecule has 1 atom stereocenters. The molecule has 3 N–H and O–H groups in total. The van der Waals surface area contributed by atoms with E-state index in [0.717, 1.165) is 0 Å². The lowest BCUT2D eigenvalue weighted by Crippen LogP contribution is -2.50. The second-order valence-electron chi connectivity index (χ2n) is 7.66. The first kappa shape index (κ1) is 20.0. The number of halogens is 1. The van der Waals surface area contributed by atoms with Gasteiger partial charge in [0.15, 0.2) is 0 Å². The van der Waals surface area contributed by atoms with Gasteiger partial charge in [-0.25, -0.2) is 9.59 Å². The van der Waals surface area contributed by atoms with Crippen molar-refractivity contribution in [3.63, 3.8) is 0 Å². The highest BCUT2D eigenvalue weighted by molar-refractivity contribution is 6.34. The van der Waals surface area contributed by atoms with Gasteiger partial charge in [0.05, 0.1) is 10.6 Å². The van der Waals surface area contributed by atoms with Crippen LogP contribution in [-0.4, -0.2) is 45.5 Å². The Bertz CT molecular complexity index is 744. The summed E-state index contributed by atoms with van der Waals surface area (Å²) in [5.74, 6) is -1.50. The first-order chi connectivity index (χ1) is 11.9. The van der Waals surface area contributed by atoms with Gasteiger partial charge < -0.3 is 20.6 Å². The quantitative estimate of drug-likeness (QED) is 0.747. The van der Waals surface area contributed by atoms with Crippen molar-refractivity contribution in [1.82, 2.24) is 10.2 Å². The maximum absolute atomic E-state index is 12.9. The Hall–Kier alpha value is -2.28. The Kier molecular flexibility index (Phi) is 5.51. The fourth-order valence-electron chi connectivity index (χ4n) is 2.93. The van der Waals surface area contributed by atoms with Gasteiger partial charge >= 0.3 is 12.0 Å². The lowest BCUT2D eigenvalue weighted by Gasteiger charge is -2.31. The number of carboxylic acids is 1. The maximum atomic E-state index is 12.9. The van der Waals surface area contributed by atoms with E-state index in [4.69, 9.17) is 11.6 Å². The van der Waals surface area contributed by atoms with Crippen LogP contribution in [0.2, 0.25) is 5.02 Å². The Morgan fingerprint density at radius 2 is 1.92 bits per heavy atom. The van der Waals surface area contributed by atoms with Crippen LogP contribution in [0.15, 0.2) is 18.2 Å². The van der Waals surface area contributed by atoms with Gasteiger partial charge in [-0.2, -0.15) is 0 Å². The number of nitrogens with one attached hydrogen (secondary N) is 2. The van der Waals surface area contributed by atoms with Crippen molar-refractivity contribution < 1.29 is 19.5 Å². The second kappa shape index (κ2) is 7.15. The van der Waals surface area contributed by atoms with Crippen molar-refractivity contribution in [3.05, 3.63) is 28.8 Å². The van der Waals surface area contributed by atoms with E-state index in [1.165, 1.54) is 24.0 Å². The molecule has 142 valence electrons. The molecule has 1 aromatic carbocycles. The third kappa shape index (κ3) is 4.27. The lowest BCUT2D eigenvalue weighted by molar-refractivity contribution is -0.147. The fraction of sp³-hybridized carbons (Fsp3) is 0.500. The van der Waals surface area contributed by atoms with Crippen LogP contribution in [-0.2, 0) is 4.79 Å². The van der Waals surface area contributed by atoms with Gasteiger partial charge in [0, 0.05) is 17.8 Å². The molecular weight excluding hydrogens is 358 g/mol. The topological polar surface area (TPSA) is 98.7 Å². The molecule has 0 spiro atoms. The van der Waals surface area contributed by atoms with E-state index in [0.29, 0.717) is 25.1 Å². The number of carbonyl (C=O) groups excluding carboxylic acids is 2. The number of nitrogens with zero attached hydrogens (tertiary/aromatic N) is 1. The molecule has 0 bridgehead atoms. The van der Waals surface area contributed by atoms with E-state index in [-0.39, 0.29) is 10.6 Å². The molecule has 1 aliphatic rings. The summed E-state index contributed by atoms with van der Waals surface area (Å²) >= 11 is 6.16. The van der Waals surface area contributed by atoms with Crippen molar-refractivity contribution in [2.75, 3.05) is 11.9 Å². The molecule has 0 saturated carbocycles. The number of carbonyl (C=O) groups is 3. The van der Waals surface area contributed by atoms with E-state index in [2.05, 4.69) is 10.6 Å². The molecular formula is C18H24ClN3O4. The molecule has 0 radical (unpaired) electrons. The molecule has 3 amide bonds. The number of amides is 3. The van der Waals surface area contributed by atoms with E-state index >= 15 is 0 Å². The van der Waals surface area contributed by atoms with Crippen LogP contribution in [0, 0.1) is 0 Å². The predicted molar refractivity (Wildman–Crippen MR) is 99.7 cm³/mol. The normalized spacial score (nSPS) is 20.0.